The van der Waals surface area contributed by atoms with Crippen LogP contribution < -0.4 is 9.47 Å². The number of nitrogens with zero attached hydrogens (tertiary/aromatic N) is 1. The van der Waals surface area contributed by atoms with Crippen LogP contribution in [0.25, 0.3) is 5.76 Å². The van der Waals surface area contributed by atoms with Crippen molar-refractivity contribution >= 4 is 29.1 Å². The number of carbonyl (C=O) groups is 2. The number of carbonyl (C=O) groups excluding carboxylic acids is 2. The highest BCUT2D eigenvalue weighted by atomic mass is 35.5. The summed E-state index contributed by atoms with van der Waals surface area (Å²) in [6.45, 7) is 0.0421. The third-order valence-electron chi connectivity index (χ3n) is 5.30. The number of rotatable bonds is 6. The molecule has 0 radical (unpaired) electrons. The number of aliphatic hydroxyl groups is 1. The molecule has 1 aromatic heterocycles. The van der Waals surface area contributed by atoms with Gasteiger partial charge in [0.05, 0.1) is 43.7 Å². The smallest absolute Gasteiger partial charge is 0.296 e. The van der Waals surface area contributed by atoms with Gasteiger partial charge in [-0.1, -0.05) is 29.8 Å². The van der Waals surface area contributed by atoms with Crippen molar-refractivity contribution in [2.24, 2.45) is 0 Å². The molecule has 1 N–H and O–H groups in total. The second-order valence-electron chi connectivity index (χ2n) is 7.10. The Morgan fingerprint density at radius 3 is 2.47 bits per heavy atom. The molecule has 4 rings (SSSR count). The Bertz CT molecular complexity index is 1200. The third-order valence-corrected chi connectivity index (χ3v) is 5.60. The lowest BCUT2D eigenvalue weighted by Gasteiger charge is -2.25. The second kappa shape index (κ2) is 8.80. The molecule has 164 valence electrons. The van der Waals surface area contributed by atoms with E-state index in [2.05, 4.69) is 0 Å². The zero-order chi connectivity index (χ0) is 22.8. The molecule has 1 aliphatic rings. The van der Waals surface area contributed by atoms with Gasteiger partial charge in [0.25, 0.3) is 11.7 Å². The summed E-state index contributed by atoms with van der Waals surface area (Å²) in [5.41, 5.74) is 0.779. The van der Waals surface area contributed by atoms with E-state index in [0.717, 1.165) is 0 Å². The van der Waals surface area contributed by atoms with Crippen LogP contribution in [0.3, 0.4) is 0 Å². The summed E-state index contributed by atoms with van der Waals surface area (Å²) in [6, 6.07) is 14.2. The number of Topliss-reactive ketones (excluding diaryl/α,β-unsaturated/α-hetero) is 1. The molecule has 0 saturated carbocycles. The fraction of sp³-hybridized carbons (Fsp3) is 0.167. The van der Waals surface area contributed by atoms with Crippen LogP contribution >= 0.6 is 11.6 Å². The molecule has 1 unspecified atom stereocenters. The maximum atomic E-state index is 13.1. The largest absolute Gasteiger partial charge is 0.507 e. The van der Waals surface area contributed by atoms with E-state index >= 15 is 0 Å². The molecule has 0 spiro atoms. The molecular formula is C24H20ClNO6. The van der Waals surface area contributed by atoms with E-state index in [0.29, 0.717) is 22.8 Å². The molecule has 0 aliphatic carbocycles. The fourth-order valence-electron chi connectivity index (χ4n) is 3.80. The van der Waals surface area contributed by atoms with Gasteiger partial charge in [-0.2, -0.15) is 0 Å². The monoisotopic (exact) mass is 453 g/mol. The van der Waals surface area contributed by atoms with Gasteiger partial charge in [-0.15, -0.1) is 0 Å². The average molecular weight is 454 g/mol. The number of ketones is 1. The van der Waals surface area contributed by atoms with Crippen molar-refractivity contribution in [3.8, 4) is 11.5 Å². The number of halogens is 1. The van der Waals surface area contributed by atoms with Gasteiger partial charge in [0, 0.05) is 11.1 Å². The van der Waals surface area contributed by atoms with Crippen LogP contribution in [0.5, 0.6) is 11.5 Å². The summed E-state index contributed by atoms with van der Waals surface area (Å²) in [6.07, 6.45) is 1.49. The van der Waals surface area contributed by atoms with Crippen LogP contribution in [0, 0.1) is 0 Å². The lowest BCUT2D eigenvalue weighted by Crippen LogP contribution is -2.29. The number of ether oxygens (including phenoxy) is 2. The maximum absolute atomic E-state index is 13.1. The van der Waals surface area contributed by atoms with Crippen molar-refractivity contribution in [1.82, 2.24) is 4.90 Å². The predicted molar refractivity (Wildman–Crippen MR) is 118 cm³/mol. The van der Waals surface area contributed by atoms with Crippen LogP contribution in [-0.2, 0) is 16.1 Å². The van der Waals surface area contributed by atoms with Gasteiger partial charge in [-0.3, -0.25) is 9.59 Å². The first-order valence-corrected chi connectivity index (χ1v) is 10.1. The van der Waals surface area contributed by atoms with Gasteiger partial charge in [0.2, 0.25) is 0 Å². The number of aliphatic hydroxyl groups excluding tert-OH is 1. The minimum Gasteiger partial charge on any atom is -0.507 e. The third kappa shape index (κ3) is 3.71. The van der Waals surface area contributed by atoms with E-state index in [1.807, 2.05) is 0 Å². The van der Waals surface area contributed by atoms with Crippen molar-refractivity contribution in [3.05, 3.63) is 88.3 Å². The molecule has 8 heteroatoms. The number of likely N-dealkylation sites (tertiary alicyclic amines) is 1. The zero-order valence-electron chi connectivity index (χ0n) is 17.4. The molecule has 3 aromatic rings. The van der Waals surface area contributed by atoms with Crippen LogP contribution in [0.1, 0.15) is 22.9 Å². The van der Waals surface area contributed by atoms with Gasteiger partial charge >= 0.3 is 0 Å². The molecule has 0 bridgehead atoms. The van der Waals surface area contributed by atoms with Crippen LogP contribution in [0.15, 0.2) is 70.9 Å². The molecule has 32 heavy (non-hydrogen) atoms. The molecule has 1 saturated heterocycles. The molecule has 7 nitrogen and oxygen atoms in total. The highest BCUT2D eigenvalue weighted by molar-refractivity contribution is 6.46. The minimum atomic E-state index is -0.892. The van der Waals surface area contributed by atoms with E-state index in [4.69, 9.17) is 25.5 Å². The first-order valence-electron chi connectivity index (χ1n) is 9.74. The van der Waals surface area contributed by atoms with Crippen molar-refractivity contribution < 1.29 is 28.6 Å². The molecule has 1 amide bonds. The Morgan fingerprint density at radius 1 is 1.06 bits per heavy atom. The summed E-state index contributed by atoms with van der Waals surface area (Å²) in [5.74, 6) is -0.509. The quantitative estimate of drug-likeness (QED) is 0.334. The van der Waals surface area contributed by atoms with Crippen molar-refractivity contribution in [2.75, 3.05) is 14.2 Å². The van der Waals surface area contributed by atoms with Gasteiger partial charge in [0.15, 0.2) is 0 Å². The first-order chi connectivity index (χ1) is 15.5. The molecule has 2 heterocycles. The Hall–Kier alpha value is -3.71. The van der Waals surface area contributed by atoms with Crippen molar-refractivity contribution in [2.45, 2.75) is 12.6 Å². The number of hydrogen-bond donors (Lipinski definition) is 1. The Balaban J connectivity index is 1.90. The van der Waals surface area contributed by atoms with Crippen LogP contribution in [-0.4, -0.2) is 35.9 Å². The van der Waals surface area contributed by atoms with Crippen LogP contribution in [0.4, 0.5) is 0 Å². The molecular weight excluding hydrogens is 434 g/mol. The van der Waals surface area contributed by atoms with Gasteiger partial charge < -0.3 is 23.9 Å². The highest BCUT2D eigenvalue weighted by Crippen LogP contribution is 2.43. The SMILES string of the molecule is COc1ccc(/C(O)=C2\C(=O)C(=O)N(Cc3ccco3)C2c2ccccc2OC)cc1Cl. The van der Waals surface area contributed by atoms with Crippen molar-refractivity contribution in [1.29, 1.82) is 0 Å². The van der Waals surface area contributed by atoms with Gasteiger partial charge in [-0.05, 0) is 36.4 Å². The lowest BCUT2D eigenvalue weighted by molar-refractivity contribution is -0.140. The molecule has 1 fully saturated rings. The fourth-order valence-corrected chi connectivity index (χ4v) is 4.06. The summed E-state index contributed by atoms with van der Waals surface area (Å²) in [5, 5.41) is 11.4. The second-order valence-corrected chi connectivity index (χ2v) is 7.50. The molecule has 1 atom stereocenters. The van der Waals surface area contributed by atoms with Gasteiger partial charge in [0.1, 0.15) is 23.0 Å². The summed E-state index contributed by atoms with van der Waals surface area (Å²) >= 11 is 6.22. The number of para-hydroxylation sites is 1. The van der Waals surface area contributed by atoms with Crippen molar-refractivity contribution in [3.63, 3.8) is 0 Å². The Labute approximate surface area is 189 Å². The minimum absolute atomic E-state index is 0.0421. The Kier molecular flexibility index (Phi) is 5.92. The van der Waals surface area contributed by atoms with E-state index in [1.165, 1.54) is 31.4 Å². The van der Waals surface area contributed by atoms with Gasteiger partial charge in [-0.25, -0.2) is 0 Å². The van der Waals surface area contributed by atoms with E-state index in [9.17, 15) is 14.7 Å². The number of furan rings is 1. The van der Waals surface area contributed by atoms with E-state index in [-0.39, 0.29) is 28.5 Å². The number of methoxy groups -OCH3 is 2. The zero-order valence-corrected chi connectivity index (χ0v) is 18.1. The summed E-state index contributed by atoms with van der Waals surface area (Å²) < 4.78 is 16.0. The Morgan fingerprint density at radius 2 is 1.81 bits per heavy atom. The number of amides is 1. The molecule has 1 aliphatic heterocycles. The number of benzene rings is 2. The van der Waals surface area contributed by atoms with E-state index < -0.39 is 17.7 Å². The predicted octanol–water partition coefficient (Wildman–Crippen LogP) is 4.57. The number of hydrogen-bond acceptors (Lipinski definition) is 6. The summed E-state index contributed by atoms with van der Waals surface area (Å²) in [7, 11) is 2.98. The molecule has 2 aromatic carbocycles. The van der Waals surface area contributed by atoms with E-state index in [1.54, 1.807) is 48.5 Å². The lowest BCUT2D eigenvalue weighted by atomic mass is 9.94. The standard InChI is InChI=1S/C24H20ClNO6/c1-30-18-8-4-3-7-16(18)21-20(22(27)14-9-10-19(31-2)17(25)12-14)23(28)24(29)26(21)13-15-6-5-11-32-15/h3-12,21,27H,13H2,1-2H3/b22-20+. The first kappa shape index (κ1) is 21.5. The normalized spacial score (nSPS) is 17.6. The summed E-state index contributed by atoms with van der Waals surface area (Å²) in [4.78, 5) is 27.5. The maximum Gasteiger partial charge on any atom is 0.296 e. The average Bonchev–Trinajstić information content (AvgIpc) is 3.41. The van der Waals surface area contributed by atoms with Crippen LogP contribution in [0.2, 0.25) is 5.02 Å². The highest BCUT2D eigenvalue weighted by Gasteiger charge is 2.47. The topological polar surface area (TPSA) is 89.2 Å².